The van der Waals surface area contributed by atoms with Crippen molar-refractivity contribution in [1.29, 1.82) is 0 Å². The van der Waals surface area contributed by atoms with Crippen LogP contribution in [0.15, 0.2) is 42.2 Å². The first-order valence-electron chi connectivity index (χ1n) is 7.42. The smallest absolute Gasteiger partial charge is 0.140 e. The Morgan fingerprint density at radius 3 is 2.39 bits per heavy atom. The molecule has 0 heterocycles. The van der Waals surface area contributed by atoms with Crippen LogP contribution >= 0.6 is 0 Å². The number of benzene rings is 1. The third-order valence-electron chi connectivity index (χ3n) is 4.10. The van der Waals surface area contributed by atoms with Crippen LogP contribution in [0.3, 0.4) is 0 Å². The molecule has 5 atom stereocenters. The summed E-state index contributed by atoms with van der Waals surface area (Å²) < 4.78 is 0. The minimum atomic E-state index is -1.84. The van der Waals surface area contributed by atoms with Gasteiger partial charge in [-0.25, -0.2) is 0 Å². The molecule has 1 aromatic carbocycles. The Balaban J connectivity index is 2.36. The zero-order chi connectivity index (χ0) is 17.1. The quantitative estimate of drug-likeness (QED) is 0.427. The van der Waals surface area contributed by atoms with E-state index in [4.69, 9.17) is 5.11 Å². The molecule has 2 rings (SSSR count). The molecule has 0 aliphatic heterocycles. The van der Waals surface area contributed by atoms with Crippen LogP contribution < -0.4 is 0 Å². The maximum absolute atomic E-state index is 10.3. The molecule has 1 aliphatic carbocycles. The average Bonchev–Trinajstić information content (AvgIpc) is 2.59. The predicted molar refractivity (Wildman–Crippen MR) is 84.7 cm³/mol. The maximum atomic E-state index is 10.3. The van der Waals surface area contributed by atoms with E-state index in [1.807, 2.05) is 25.1 Å². The van der Waals surface area contributed by atoms with E-state index in [-0.39, 0.29) is 5.92 Å². The number of hydrogen-bond acceptors (Lipinski definition) is 6. The third-order valence-corrected chi connectivity index (χ3v) is 4.10. The largest absolute Gasteiger partial charge is 0.509 e. The lowest BCUT2D eigenvalue weighted by Gasteiger charge is -2.27. The van der Waals surface area contributed by atoms with E-state index in [0.717, 1.165) is 11.1 Å². The zero-order valence-corrected chi connectivity index (χ0v) is 12.7. The van der Waals surface area contributed by atoms with Crippen molar-refractivity contribution in [3.8, 4) is 0 Å². The fourth-order valence-electron chi connectivity index (χ4n) is 2.64. The highest BCUT2D eigenvalue weighted by atomic mass is 16.4. The van der Waals surface area contributed by atoms with Crippen LogP contribution in [-0.2, 0) is 0 Å². The normalized spacial score (nSPS) is 24.5. The van der Waals surface area contributed by atoms with Crippen molar-refractivity contribution in [2.24, 2.45) is 0 Å². The van der Waals surface area contributed by atoms with E-state index >= 15 is 0 Å². The second-order valence-corrected chi connectivity index (χ2v) is 5.71. The molecule has 0 saturated carbocycles. The van der Waals surface area contributed by atoms with Gasteiger partial charge in [0.25, 0.3) is 0 Å². The summed E-state index contributed by atoms with van der Waals surface area (Å²) >= 11 is 0. The Labute approximate surface area is 134 Å². The molecule has 6 nitrogen and oxygen atoms in total. The Bertz CT molecular complexity index is 609. The molecule has 0 spiro atoms. The van der Waals surface area contributed by atoms with Gasteiger partial charge in [-0.1, -0.05) is 43.3 Å². The van der Waals surface area contributed by atoms with Crippen molar-refractivity contribution in [2.75, 3.05) is 6.61 Å². The molecule has 0 fully saturated rings. The van der Waals surface area contributed by atoms with Gasteiger partial charge in [0.05, 0.1) is 6.61 Å². The van der Waals surface area contributed by atoms with E-state index < -0.39 is 36.8 Å². The van der Waals surface area contributed by atoms with Crippen LogP contribution in [0.1, 0.15) is 24.0 Å². The van der Waals surface area contributed by atoms with Gasteiger partial charge in [0.15, 0.2) is 0 Å². The highest BCUT2D eigenvalue weighted by Gasteiger charge is 2.34. The molecule has 1 aliphatic rings. The monoisotopic (exact) mass is 322 g/mol. The van der Waals surface area contributed by atoms with E-state index in [9.17, 15) is 25.5 Å². The van der Waals surface area contributed by atoms with E-state index in [2.05, 4.69) is 0 Å². The van der Waals surface area contributed by atoms with Crippen LogP contribution in [0.25, 0.3) is 5.57 Å². The summed E-state index contributed by atoms with van der Waals surface area (Å²) in [6, 6.07) is 7.36. The van der Waals surface area contributed by atoms with E-state index in [0.29, 0.717) is 5.57 Å². The standard InChI is InChI=1S/C17H22O6/c1-9-6-7-12(11-5-3-2-4-10(9)11)14(20)16(22)17(23)15(21)13(19)8-18/h2-7,9,13,15-23H,8H2,1H3/t9?,13-,15-,16+,17+/m1/s1. The summed E-state index contributed by atoms with van der Waals surface area (Å²) in [5.74, 6) is -0.357. The van der Waals surface area contributed by atoms with E-state index in [1.54, 1.807) is 18.2 Å². The molecule has 126 valence electrons. The van der Waals surface area contributed by atoms with Crippen LogP contribution in [0.2, 0.25) is 0 Å². The SMILES string of the molecule is CC1C=CC(=C(O)[C@H](O)[C@@H](O)[C@H](O)[C@H](O)CO)c2ccccc21. The summed E-state index contributed by atoms with van der Waals surface area (Å²) in [4.78, 5) is 0. The van der Waals surface area contributed by atoms with Gasteiger partial charge in [-0.05, 0) is 17.0 Å². The maximum Gasteiger partial charge on any atom is 0.140 e. The molecule has 1 unspecified atom stereocenters. The minimum Gasteiger partial charge on any atom is -0.509 e. The summed E-state index contributed by atoms with van der Waals surface area (Å²) in [5, 5.41) is 58.1. The number of aliphatic hydroxyl groups is 6. The van der Waals surface area contributed by atoms with Gasteiger partial charge in [-0.3, -0.25) is 0 Å². The van der Waals surface area contributed by atoms with Gasteiger partial charge in [0, 0.05) is 5.57 Å². The first-order chi connectivity index (χ1) is 10.9. The number of hydrogen-bond donors (Lipinski definition) is 6. The molecule has 0 radical (unpaired) electrons. The number of fused-ring (bicyclic) bond motifs is 1. The van der Waals surface area contributed by atoms with E-state index in [1.165, 1.54) is 0 Å². The Morgan fingerprint density at radius 2 is 1.74 bits per heavy atom. The predicted octanol–water partition coefficient (Wildman–Crippen LogP) is 0.0649. The fourth-order valence-corrected chi connectivity index (χ4v) is 2.64. The lowest BCUT2D eigenvalue weighted by atomic mass is 9.84. The Hall–Kier alpha value is -1.70. The summed E-state index contributed by atoms with van der Waals surface area (Å²) in [5.41, 5.74) is 2.04. The van der Waals surface area contributed by atoms with Gasteiger partial charge in [0.1, 0.15) is 30.2 Å². The van der Waals surface area contributed by atoms with Crippen LogP contribution in [0, 0.1) is 0 Å². The van der Waals surface area contributed by atoms with Crippen molar-refractivity contribution in [2.45, 2.75) is 37.3 Å². The number of allylic oxidation sites excluding steroid dienone is 3. The second-order valence-electron chi connectivity index (χ2n) is 5.71. The van der Waals surface area contributed by atoms with Gasteiger partial charge < -0.3 is 30.6 Å². The molecular weight excluding hydrogens is 300 g/mol. The van der Waals surface area contributed by atoms with Crippen molar-refractivity contribution in [1.82, 2.24) is 0 Å². The molecule has 0 aromatic heterocycles. The molecule has 0 bridgehead atoms. The highest BCUT2D eigenvalue weighted by molar-refractivity contribution is 5.80. The molecule has 0 amide bonds. The van der Waals surface area contributed by atoms with Crippen molar-refractivity contribution in [3.05, 3.63) is 53.3 Å². The Morgan fingerprint density at radius 1 is 1.09 bits per heavy atom. The first kappa shape index (κ1) is 17.7. The summed E-state index contributed by atoms with van der Waals surface area (Å²) in [6.07, 6.45) is -3.55. The second kappa shape index (κ2) is 7.25. The molecule has 0 saturated heterocycles. The van der Waals surface area contributed by atoms with Crippen molar-refractivity contribution in [3.63, 3.8) is 0 Å². The van der Waals surface area contributed by atoms with Crippen LogP contribution in [0.5, 0.6) is 0 Å². The zero-order valence-electron chi connectivity index (χ0n) is 12.7. The highest BCUT2D eigenvalue weighted by Crippen LogP contribution is 2.35. The van der Waals surface area contributed by atoms with Gasteiger partial charge >= 0.3 is 0 Å². The lowest BCUT2D eigenvalue weighted by Crippen LogP contribution is -2.46. The van der Waals surface area contributed by atoms with Crippen molar-refractivity contribution >= 4 is 5.57 Å². The molecule has 6 heteroatoms. The summed E-state index contributed by atoms with van der Waals surface area (Å²) in [7, 11) is 0. The summed E-state index contributed by atoms with van der Waals surface area (Å²) in [6.45, 7) is 1.22. The van der Waals surface area contributed by atoms with Gasteiger partial charge in [-0.2, -0.15) is 0 Å². The lowest BCUT2D eigenvalue weighted by molar-refractivity contribution is -0.112. The molecule has 1 aromatic rings. The molecule has 6 N–H and O–H groups in total. The fraction of sp³-hybridized carbons (Fsp3) is 0.412. The Kier molecular flexibility index (Phi) is 5.56. The number of aliphatic hydroxyl groups excluding tert-OH is 6. The average molecular weight is 322 g/mol. The number of rotatable bonds is 5. The minimum absolute atomic E-state index is 0.145. The third kappa shape index (κ3) is 3.46. The van der Waals surface area contributed by atoms with Gasteiger partial charge in [0.2, 0.25) is 0 Å². The van der Waals surface area contributed by atoms with Gasteiger partial charge in [-0.15, -0.1) is 0 Å². The van der Waals surface area contributed by atoms with Crippen LogP contribution in [-0.4, -0.2) is 61.7 Å². The van der Waals surface area contributed by atoms with Crippen LogP contribution in [0.4, 0.5) is 0 Å². The van der Waals surface area contributed by atoms with Crippen molar-refractivity contribution < 1.29 is 30.6 Å². The molecule has 23 heavy (non-hydrogen) atoms. The topological polar surface area (TPSA) is 121 Å². The first-order valence-corrected chi connectivity index (χ1v) is 7.42. The molecular formula is C17H22O6.